The van der Waals surface area contributed by atoms with E-state index in [1.165, 1.54) is 12.8 Å². The number of halogens is 1. The molecule has 4 heteroatoms. The lowest BCUT2D eigenvalue weighted by Crippen LogP contribution is -2.41. The van der Waals surface area contributed by atoms with Crippen LogP contribution < -0.4 is 4.74 Å². The summed E-state index contributed by atoms with van der Waals surface area (Å²) in [6.45, 7) is 2.50. The molecular formula is C17H23ClO3. The van der Waals surface area contributed by atoms with Crippen LogP contribution in [0.25, 0.3) is 0 Å². The predicted molar refractivity (Wildman–Crippen MR) is 82.9 cm³/mol. The molecular weight excluding hydrogens is 288 g/mol. The fourth-order valence-electron chi connectivity index (χ4n) is 3.50. The summed E-state index contributed by atoms with van der Waals surface area (Å²) in [6, 6.07) is 5.52. The van der Waals surface area contributed by atoms with E-state index in [0.717, 1.165) is 37.9 Å². The van der Waals surface area contributed by atoms with Crippen molar-refractivity contribution in [3.63, 3.8) is 0 Å². The van der Waals surface area contributed by atoms with Crippen LogP contribution in [0.1, 0.15) is 57.1 Å². The molecule has 1 N–H and O–H groups in total. The number of hydrogen-bond acceptors (Lipinski definition) is 3. The molecule has 116 valence electrons. The second-order valence-corrected chi connectivity index (χ2v) is 6.74. The van der Waals surface area contributed by atoms with E-state index in [1.54, 1.807) is 13.0 Å². The molecule has 2 aliphatic rings. The van der Waals surface area contributed by atoms with Gasteiger partial charge in [-0.05, 0) is 37.5 Å². The van der Waals surface area contributed by atoms with Gasteiger partial charge in [-0.1, -0.05) is 30.5 Å². The van der Waals surface area contributed by atoms with Crippen molar-refractivity contribution < 1.29 is 14.6 Å². The summed E-state index contributed by atoms with van der Waals surface area (Å²) < 4.78 is 12.1. The van der Waals surface area contributed by atoms with Crippen LogP contribution in [0.15, 0.2) is 18.2 Å². The Bertz CT molecular complexity index is 495. The maximum atomic E-state index is 9.58. The molecule has 1 aliphatic heterocycles. The van der Waals surface area contributed by atoms with E-state index in [1.807, 2.05) is 12.1 Å². The zero-order chi connectivity index (χ0) is 14.9. The zero-order valence-electron chi connectivity index (χ0n) is 12.5. The standard InChI is InChI=1S/C17H23ClO3/c1-12(19)13-4-5-16(15(18)10-13)21-14-6-9-20-17(11-14)7-2-3-8-17/h4-5,10,12,14,19H,2-3,6-9,11H2,1H3/t12-,14?/m0/s1. The highest BCUT2D eigenvalue weighted by molar-refractivity contribution is 6.32. The Kier molecular flexibility index (Phi) is 4.43. The minimum absolute atomic E-state index is 0.0505. The number of hydrogen-bond donors (Lipinski definition) is 1. The third-order valence-electron chi connectivity index (χ3n) is 4.69. The summed E-state index contributed by atoms with van der Waals surface area (Å²) in [4.78, 5) is 0. The summed E-state index contributed by atoms with van der Waals surface area (Å²) in [7, 11) is 0. The van der Waals surface area contributed by atoms with Crippen LogP contribution in [0, 0.1) is 0 Å². The van der Waals surface area contributed by atoms with Crippen molar-refractivity contribution in [1.82, 2.24) is 0 Å². The molecule has 0 radical (unpaired) electrons. The second kappa shape index (κ2) is 6.15. The normalized spacial score (nSPS) is 26.0. The van der Waals surface area contributed by atoms with Gasteiger partial charge in [0, 0.05) is 12.8 Å². The Balaban J connectivity index is 1.68. The lowest BCUT2D eigenvalue weighted by Gasteiger charge is -2.38. The topological polar surface area (TPSA) is 38.7 Å². The smallest absolute Gasteiger partial charge is 0.138 e. The van der Waals surface area contributed by atoms with Gasteiger partial charge in [0.15, 0.2) is 0 Å². The maximum Gasteiger partial charge on any atom is 0.138 e. The molecule has 1 spiro atoms. The molecule has 0 bridgehead atoms. The van der Waals surface area contributed by atoms with Gasteiger partial charge in [0.2, 0.25) is 0 Å². The van der Waals surface area contributed by atoms with Crippen LogP contribution in [-0.2, 0) is 4.74 Å². The van der Waals surface area contributed by atoms with E-state index in [-0.39, 0.29) is 11.7 Å². The minimum Gasteiger partial charge on any atom is -0.489 e. The van der Waals surface area contributed by atoms with Crippen LogP contribution in [0.5, 0.6) is 5.75 Å². The molecule has 1 saturated heterocycles. The van der Waals surface area contributed by atoms with Crippen molar-refractivity contribution in [3.05, 3.63) is 28.8 Å². The number of ether oxygens (including phenoxy) is 2. The summed E-state index contributed by atoms with van der Waals surface area (Å²) in [5.41, 5.74) is 0.862. The molecule has 1 saturated carbocycles. The first-order chi connectivity index (χ1) is 10.1. The SMILES string of the molecule is C[C@H](O)c1ccc(OC2CCOC3(CCCC3)C2)c(Cl)c1. The van der Waals surface area contributed by atoms with Crippen LogP contribution in [0.4, 0.5) is 0 Å². The van der Waals surface area contributed by atoms with Crippen molar-refractivity contribution in [1.29, 1.82) is 0 Å². The first-order valence-corrected chi connectivity index (χ1v) is 8.24. The maximum absolute atomic E-state index is 9.58. The van der Waals surface area contributed by atoms with Gasteiger partial charge in [-0.15, -0.1) is 0 Å². The molecule has 1 aromatic carbocycles. The van der Waals surface area contributed by atoms with Gasteiger partial charge in [-0.3, -0.25) is 0 Å². The van der Waals surface area contributed by atoms with Gasteiger partial charge >= 0.3 is 0 Å². The largest absolute Gasteiger partial charge is 0.489 e. The number of rotatable bonds is 3. The number of aliphatic hydroxyl groups is 1. The monoisotopic (exact) mass is 310 g/mol. The highest BCUT2D eigenvalue weighted by Gasteiger charge is 2.40. The Labute approximate surface area is 131 Å². The zero-order valence-corrected chi connectivity index (χ0v) is 13.2. The fourth-order valence-corrected chi connectivity index (χ4v) is 3.74. The van der Waals surface area contributed by atoms with E-state index < -0.39 is 6.10 Å². The Morgan fingerprint density at radius 1 is 1.38 bits per heavy atom. The molecule has 3 rings (SSSR count). The van der Waals surface area contributed by atoms with E-state index in [2.05, 4.69) is 0 Å². The third-order valence-corrected chi connectivity index (χ3v) is 4.99. The Morgan fingerprint density at radius 3 is 2.81 bits per heavy atom. The molecule has 2 atom stereocenters. The highest BCUT2D eigenvalue weighted by atomic mass is 35.5. The summed E-state index contributed by atoms with van der Waals surface area (Å²) in [5.74, 6) is 0.709. The summed E-state index contributed by atoms with van der Waals surface area (Å²) in [6.07, 6.45) is 6.36. The quantitative estimate of drug-likeness (QED) is 0.906. The molecule has 0 aromatic heterocycles. The summed E-state index contributed by atoms with van der Waals surface area (Å²) in [5, 5.41) is 10.2. The van der Waals surface area contributed by atoms with Crippen molar-refractivity contribution in [3.8, 4) is 5.75 Å². The Hall–Kier alpha value is -0.770. The first-order valence-electron chi connectivity index (χ1n) is 7.86. The second-order valence-electron chi connectivity index (χ2n) is 6.34. The van der Waals surface area contributed by atoms with Gasteiger partial charge < -0.3 is 14.6 Å². The number of benzene rings is 1. The Morgan fingerprint density at radius 2 is 2.14 bits per heavy atom. The van der Waals surface area contributed by atoms with Gasteiger partial charge in [0.1, 0.15) is 11.9 Å². The molecule has 1 heterocycles. The minimum atomic E-state index is -0.513. The average Bonchev–Trinajstić information content (AvgIpc) is 2.89. The van der Waals surface area contributed by atoms with Crippen molar-refractivity contribution in [2.24, 2.45) is 0 Å². The third kappa shape index (κ3) is 3.36. The first kappa shape index (κ1) is 15.1. The molecule has 3 nitrogen and oxygen atoms in total. The van der Waals surface area contributed by atoms with Gasteiger partial charge in [0.05, 0.1) is 23.3 Å². The molecule has 21 heavy (non-hydrogen) atoms. The highest BCUT2D eigenvalue weighted by Crippen LogP contribution is 2.41. The van der Waals surface area contributed by atoms with E-state index in [9.17, 15) is 5.11 Å². The van der Waals surface area contributed by atoms with Gasteiger partial charge in [-0.2, -0.15) is 0 Å². The predicted octanol–water partition coefficient (Wildman–Crippen LogP) is 4.26. The number of aliphatic hydroxyl groups excluding tert-OH is 1. The molecule has 2 fully saturated rings. The molecule has 1 aromatic rings. The molecule has 0 amide bonds. The summed E-state index contributed by atoms with van der Waals surface area (Å²) >= 11 is 6.28. The average molecular weight is 311 g/mol. The van der Waals surface area contributed by atoms with Gasteiger partial charge in [-0.25, -0.2) is 0 Å². The molecule has 1 unspecified atom stereocenters. The van der Waals surface area contributed by atoms with Crippen molar-refractivity contribution in [2.75, 3.05) is 6.61 Å². The van der Waals surface area contributed by atoms with Crippen LogP contribution in [0.3, 0.4) is 0 Å². The van der Waals surface area contributed by atoms with Gasteiger partial charge in [0.25, 0.3) is 0 Å². The fraction of sp³-hybridized carbons (Fsp3) is 0.647. The van der Waals surface area contributed by atoms with Crippen molar-refractivity contribution in [2.45, 2.75) is 63.3 Å². The lowest BCUT2D eigenvalue weighted by atomic mass is 9.90. The van der Waals surface area contributed by atoms with E-state index >= 15 is 0 Å². The van der Waals surface area contributed by atoms with Crippen LogP contribution in [-0.4, -0.2) is 23.4 Å². The van der Waals surface area contributed by atoms with Crippen LogP contribution >= 0.6 is 11.6 Å². The molecule has 1 aliphatic carbocycles. The van der Waals surface area contributed by atoms with E-state index in [0.29, 0.717) is 10.8 Å². The van der Waals surface area contributed by atoms with Crippen LogP contribution in [0.2, 0.25) is 5.02 Å². The lowest BCUT2D eigenvalue weighted by molar-refractivity contribution is -0.108. The van der Waals surface area contributed by atoms with Crippen molar-refractivity contribution >= 4 is 11.6 Å². The van der Waals surface area contributed by atoms with E-state index in [4.69, 9.17) is 21.1 Å².